The van der Waals surface area contributed by atoms with Gasteiger partial charge in [-0.25, -0.2) is 0 Å². The second kappa shape index (κ2) is 6.19. The van der Waals surface area contributed by atoms with Gasteiger partial charge in [-0.05, 0) is 41.6 Å². The van der Waals surface area contributed by atoms with Crippen molar-refractivity contribution >= 4 is 16.6 Å². The van der Waals surface area contributed by atoms with Gasteiger partial charge in [0.15, 0.2) is 5.78 Å². The monoisotopic (exact) mass is 269 g/mol. The van der Waals surface area contributed by atoms with Crippen LogP contribution in [0.4, 0.5) is 0 Å². The lowest BCUT2D eigenvalue weighted by Gasteiger charge is -2.23. The van der Waals surface area contributed by atoms with E-state index in [0.717, 1.165) is 23.8 Å². The van der Waals surface area contributed by atoms with Gasteiger partial charge in [-0.15, -0.1) is 0 Å². The van der Waals surface area contributed by atoms with Crippen LogP contribution in [0.5, 0.6) is 0 Å². The number of carbonyl (C=O) groups excluding carboxylic acids is 1. The Balaban J connectivity index is 2.08. The van der Waals surface area contributed by atoms with Gasteiger partial charge in [0.05, 0.1) is 0 Å². The molecule has 0 spiro atoms. The summed E-state index contributed by atoms with van der Waals surface area (Å²) in [6, 6.07) is 14.1. The molecule has 0 bridgehead atoms. The summed E-state index contributed by atoms with van der Waals surface area (Å²) in [6.45, 7) is 5.03. The van der Waals surface area contributed by atoms with E-state index in [0.29, 0.717) is 13.0 Å². The van der Waals surface area contributed by atoms with E-state index in [4.69, 9.17) is 5.73 Å². The molecule has 106 valence electrons. The minimum atomic E-state index is 0.140. The van der Waals surface area contributed by atoms with Gasteiger partial charge in [-0.3, -0.25) is 4.79 Å². The SMILES string of the molecule is CC(C)(CCN)CCC(=O)c1ccc2ccccc2c1. The number of carbonyl (C=O) groups is 1. The van der Waals surface area contributed by atoms with E-state index < -0.39 is 0 Å². The van der Waals surface area contributed by atoms with E-state index in [1.54, 1.807) is 0 Å². The van der Waals surface area contributed by atoms with E-state index >= 15 is 0 Å². The number of Topliss-reactive ketones (excluding diaryl/α,β-unsaturated/α-hetero) is 1. The molecule has 2 rings (SSSR count). The third-order valence-corrected chi connectivity index (χ3v) is 3.92. The first-order chi connectivity index (χ1) is 9.52. The lowest BCUT2D eigenvalue weighted by molar-refractivity contribution is 0.0962. The maximum Gasteiger partial charge on any atom is 0.162 e. The van der Waals surface area contributed by atoms with Crippen LogP contribution in [0, 0.1) is 5.41 Å². The minimum Gasteiger partial charge on any atom is -0.330 e. The molecular weight excluding hydrogens is 246 g/mol. The van der Waals surface area contributed by atoms with Crippen LogP contribution in [-0.2, 0) is 0 Å². The number of fused-ring (bicyclic) bond motifs is 1. The van der Waals surface area contributed by atoms with Crippen LogP contribution in [0.15, 0.2) is 42.5 Å². The molecule has 2 N–H and O–H groups in total. The molecule has 0 radical (unpaired) electrons. The molecule has 0 unspecified atom stereocenters. The number of ketones is 1. The molecule has 0 aliphatic carbocycles. The Morgan fingerprint density at radius 1 is 1.05 bits per heavy atom. The third-order valence-electron chi connectivity index (χ3n) is 3.92. The fourth-order valence-electron chi connectivity index (χ4n) is 2.47. The first-order valence-electron chi connectivity index (χ1n) is 7.24. The summed E-state index contributed by atoms with van der Waals surface area (Å²) in [5.41, 5.74) is 6.56. The molecule has 0 saturated carbocycles. The third kappa shape index (κ3) is 3.67. The molecule has 0 aliphatic heterocycles. The van der Waals surface area contributed by atoms with Crippen LogP contribution in [0.25, 0.3) is 10.8 Å². The van der Waals surface area contributed by atoms with E-state index in [-0.39, 0.29) is 11.2 Å². The average Bonchev–Trinajstić information content (AvgIpc) is 2.44. The first-order valence-corrected chi connectivity index (χ1v) is 7.24. The van der Waals surface area contributed by atoms with Crippen molar-refractivity contribution in [1.82, 2.24) is 0 Å². The highest BCUT2D eigenvalue weighted by Gasteiger charge is 2.18. The van der Waals surface area contributed by atoms with Gasteiger partial charge in [0.2, 0.25) is 0 Å². The zero-order valence-corrected chi connectivity index (χ0v) is 12.4. The summed E-state index contributed by atoms with van der Waals surface area (Å²) in [5.74, 6) is 0.223. The van der Waals surface area contributed by atoms with Crippen LogP contribution in [0.3, 0.4) is 0 Å². The Hall–Kier alpha value is -1.67. The number of hydrogen-bond donors (Lipinski definition) is 1. The smallest absolute Gasteiger partial charge is 0.162 e. The normalized spacial score (nSPS) is 11.8. The Labute approximate surface area is 121 Å². The topological polar surface area (TPSA) is 43.1 Å². The summed E-state index contributed by atoms with van der Waals surface area (Å²) in [7, 11) is 0. The van der Waals surface area contributed by atoms with E-state index in [2.05, 4.69) is 19.9 Å². The van der Waals surface area contributed by atoms with Crippen molar-refractivity contribution in [3.8, 4) is 0 Å². The molecule has 0 amide bonds. The maximum absolute atomic E-state index is 12.3. The molecule has 2 nitrogen and oxygen atoms in total. The molecular formula is C18H23NO. The highest BCUT2D eigenvalue weighted by atomic mass is 16.1. The molecule has 0 aromatic heterocycles. The lowest BCUT2D eigenvalue weighted by atomic mass is 9.83. The molecule has 2 heteroatoms. The quantitative estimate of drug-likeness (QED) is 0.799. The largest absolute Gasteiger partial charge is 0.330 e. The molecule has 2 aromatic rings. The molecule has 0 saturated heterocycles. The zero-order chi connectivity index (χ0) is 14.6. The predicted molar refractivity (Wildman–Crippen MR) is 85.0 cm³/mol. The Morgan fingerprint density at radius 2 is 1.75 bits per heavy atom. The number of hydrogen-bond acceptors (Lipinski definition) is 2. The summed E-state index contributed by atoms with van der Waals surface area (Å²) < 4.78 is 0. The predicted octanol–water partition coefficient (Wildman–Crippen LogP) is 4.18. The zero-order valence-electron chi connectivity index (χ0n) is 12.4. The van der Waals surface area contributed by atoms with Crippen molar-refractivity contribution in [1.29, 1.82) is 0 Å². The van der Waals surface area contributed by atoms with Gasteiger partial charge < -0.3 is 5.73 Å². The molecule has 0 aliphatic rings. The molecule has 0 heterocycles. The van der Waals surface area contributed by atoms with E-state index in [1.807, 2.05) is 36.4 Å². The van der Waals surface area contributed by atoms with Gasteiger partial charge in [0.25, 0.3) is 0 Å². The summed E-state index contributed by atoms with van der Waals surface area (Å²) >= 11 is 0. The number of nitrogens with two attached hydrogens (primary N) is 1. The van der Waals surface area contributed by atoms with E-state index in [9.17, 15) is 4.79 Å². The minimum absolute atomic E-state index is 0.140. The maximum atomic E-state index is 12.3. The highest BCUT2D eigenvalue weighted by Crippen LogP contribution is 2.27. The van der Waals surface area contributed by atoms with Crippen molar-refractivity contribution in [3.05, 3.63) is 48.0 Å². The average molecular weight is 269 g/mol. The van der Waals surface area contributed by atoms with Gasteiger partial charge in [0.1, 0.15) is 0 Å². The summed E-state index contributed by atoms with van der Waals surface area (Å²) in [5, 5.41) is 2.30. The van der Waals surface area contributed by atoms with Gasteiger partial charge >= 0.3 is 0 Å². The number of benzene rings is 2. The van der Waals surface area contributed by atoms with Crippen molar-refractivity contribution in [2.24, 2.45) is 11.1 Å². The second-order valence-corrected chi connectivity index (χ2v) is 6.19. The van der Waals surface area contributed by atoms with Crippen LogP contribution >= 0.6 is 0 Å². The molecule has 2 aromatic carbocycles. The Kier molecular flexibility index (Phi) is 4.56. The molecule has 0 fully saturated rings. The molecule has 20 heavy (non-hydrogen) atoms. The fourth-order valence-corrected chi connectivity index (χ4v) is 2.47. The van der Waals surface area contributed by atoms with E-state index in [1.165, 1.54) is 5.39 Å². The van der Waals surface area contributed by atoms with Gasteiger partial charge in [-0.2, -0.15) is 0 Å². The second-order valence-electron chi connectivity index (χ2n) is 6.19. The molecule has 0 atom stereocenters. The first kappa shape index (κ1) is 14.7. The Bertz CT molecular complexity index is 601. The van der Waals surface area contributed by atoms with Crippen LogP contribution in [0.2, 0.25) is 0 Å². The van der Waals surface area contributed by atoms with Crippen LogP contribution < -0.4 is 5.73 Å². The summed E-state index contributed by atoms with van der Waals surface area (Å²) in [6.07, 6.45) is 2.43. The van der Waals surface area contributed by atoms with Gasteiger partial charge in [-0.1, -0.05) is 50.2 Å². The number of rotatable bonds is 6. The highest BCUT2D eigenvalue weighted by molar-refractivity contribution is 5.99. The lowest BCUT2D eigenvalue weighted by Crippen LogP contribution is -2.18. The summed E-state index contributed by atoms with van der Waals surface area (Å²) in [4.78, 5) is 12.3. The standard InChI is InChI=1S/C18H23NO/c1-18(2,11-12-19)10-9-17(20)16-8-7-14-5-3-4-6-15(14)13-16/h3-8,13H,9-12,19H2,1-2H3. The van der Waals surface area contributed by atoms with Crippen molar-refractivity contribution in [2.75, 3.05) is 6.54 Å². The fraction of sp³-hybridized carbons (Fsp3) is 0.389. The van der Waals surface area contributed by atoms with Crippen LogP contribution in [-0.4, -0.2) is 12.3 Å². The van der Waals surface area contributed by atoms with Crippen molar-refractivity contribution < 1.29 is 4.79 Å². The van der Waals surface area contributed by atoms with Gasteiger partial charge in [0, 0.05) is 12.0 Å². The van der Waals surface area contributed by atoms with Crippen molar-refractivity contribution in [3.63, 3.8) is 0 Å². The van der Waals surface area contributed by atoms with Crippen LogP contribution in [0.1, 0.15) is 43.5 Å². The van der Waals surface area contributed by atoms with Crippen molar-refractivity contribution in [2.45, 2.75) is 33.1 Å². The Morgan fingerprint density at radius 3 is 2.45 bits per heavy atom.